The quantitative estimate of drug-likeness (QED) is 0.746. The minimum atomic E-state index is -3.39. The molecule has 1 unspecified atom stereocenters. The number of carbonyl (C=O) groups excluding carboxylic acids is 1. The molecule has 24 heavy (non-hydrogen) atoms. The number of carbonyl (C=O) groups is 1. The van der Waals surface area contributed by atoms with Crippen molar-refractivity contribution in [2.75, 3.05) is 29.5 Å². The van der Waals surface area contributed by atoms with E-state index in [9.17, 15) is 13.2 Å². The maximum atomic E-state index is 12.0. The first kappa shape index (κ1) is 18.5. The van der Waals surface area contributed by atoms with Crippen LogP contribution in [0.3, 0.4) is 0 Å². The van der Waals surface area contributed by atoms with E-state index < -0.39 is 10.0 Å². The van der Waals surface area contributed by atoms with Gasteiger partial charge in [-0.3, -0.25) is 9.52 Å². The van der Waals surface area contributed by atoms with Crippen LogP contribution in [0.1, 0.15) is 32.6 Å². The first-order valence-electron chi connectivity index (χ1n) is 8.03. The molecule has 1 heterocycles. The van der Waals surface area contributed by atoms with Gasteiger partial charge < -0.3 is 14.8 Å². The molecule has 0 aromatic heterocycles. The van der Waals surface area contributed by atoms with Crippen LogP contribution in [0.5, 0.6) is 5.75 Å². The van der Waals surface area contributed by atoms with Crippen LogP contribution < -0.4 is 14.8 Å². The van der Waals surface area contributed by atoms with E-state index in [2.05, 4.69) is 10.0 Å². The standard InChI is InChI=1S/C16H24N2O5S/c1-3-24(20,21)18-14-8-6-12(11-15(14)22-2)17-16(19)9-7-13-5-4-10-23-13/h6,8,11,13,18H,3-5,7,9-10H2,1-2H3,(H,17,19). The molecule has 1 aliphatic heterocycles. The van der Waals surface area contributed by atoms with E-state index in [0.29, 0.717) is 30.0 Å². The van der Waals surface area contributed by atoms with Crippen molar-refractivity contribution in [2.24, 2.45) is 0 Å². The minimum Gasteiger partial charge on any atom is -0.494 e. The number of methoxy groups -OCH3 is 1. The number of rotatable bonds is 8. The van der Waals surface area contributed by atoms with Crippen LogP contribution in [-0.2, 0) is 19.6 Å². The molecule has 2 N–H and O–H groups in total. The molecule has 1 atom stereocenters. The van der Waals surface area contributed by atoms with E-state index >= 15 is 0 Å². The van der Waals surface area contributed by atoms with E-state index in [4.69, 9.17) is 9.47 Å². The van der Waals surface area contributed by atoms with Crippen molar-refractivity contribution in [1.82, 2.24) is 0 Å². The van der Waals surface area contributed by atoms with Gasteiger partial charge in [0.05, 0.1) is 24.7 Å². The highest BCUT2D eigenvalue weighted by Gasteiger charge is 2.17. The number of hydrogen-bond donors (Lipinski definition) is 2. The van der Waals surface area contributed by atoms with Crippen LogP contribution in [0.25, 0.3) is 0 Å². The lowest BCUT2D eigenvalue weighted by Crippen LogP contribution is -2.16. The first-order valence-corrected chi connectivity index (χ1v) is 9.68. The molecule has 1 aliphatic rings. The SMILES string of the molecule is CCS(=O)(=O)Nc1ccc(NC(=O)CCC2CCCO2)cc1OC. The van der Waals surface area contributed by atoms with Crippen LogP contribution in [0.2, 0.25) is 0 Å². The zero-order chi connectivity index (χ0) is 17.6. The number of nitrogens with one attached hydrogen (secondary N) is 2. The Balaban J connectivity index is 1.96. The van der Waals surface area contributed by atoms with Gasteiger partial charge in [-0.2, -0.15) is 0 Å². The molecule has 8 heteroatoms. The maximum absolute atomic E-state index is 12.0. The summed E-state index contributed by atoms with van der Waals surface area (Å²) in [6.45, 7) is 2.33. The fourth-order valence-electron chi connectivity index (χ4n) is 2.48. The summed E-state index contributed by atoms with van der Waals surface area (Å²) in [6.07, 6.45) is 3.33. The second kappa shape index (κ2) is 8.34. The van der Waals surface area contributed by atoms with Gasteiger partial charge in [0.25, 0.3) is 0 Å². The van der Waals surface area contributed by atoms with Crippen molar-refractivity contribution in [3.63, 3.8) is 0 Å². The minimum absolute atomic E-state index is 0.0299. The highest BCUT2D eigenvalue weighted by molar-refractivity contribution is 7.92. The molecule has 1 amide bonds. The number of ether oxygens (including phenoxy) is 2. The predicted molar refractivity (Wildman–Crippen MR) is 92.9 cm³/mol. The summed E-state index contributed by atoms with van der Waals surface area (Å²) in [5.41, 5.74) is 0.903. The van der Waals surface area contributed by atoms with Crippen LogP contribution in [0, 0.1) is 0 Å². The lowest BCUT2D eigenvalue weighted by molar-refractivity contribution is -0.116. The number of sulfonamides is 1. The lowest BCUT2D eigenvalue weighted by atomic mass is 10.1. The molecule has 134 valence electrons. The average molecular weight is 356 g/mol. The molecule has 1 aromatic rings. The highest BCUT2D eigenvalue weighted by atomic mass is 32.2. The largest absolute Gasteiger partial charge is 0.494 e. The molecule has 0 bridgehead atoms. The van der Waals surface area contributed by atoms with Crippen molar-refractivity contribution in [3.05, 3.63) is 18.2 Å². The zero-order valence-electron chi connectivity index (χ0n) is 14.0. The third-order valence-corrected chi connectivity index (χ3v) is 5.14. The fourth-order valence-corrected chi connectivity index (χ4v) is 3.13. The Bertz CT molecular complexity index is 669. The summed E-state index contributed by atoms with van der Waals surface area (Å²) in [6, 6.07) is 4.80. The second-order valence-corrected chi connectivity index (χ2v) is 7.65. The summed E-state index contributed by atoms with van der Waals surface area (Å²) in [5, 5.41) is 2.79. The monoisotopic (exact) mass is 356 g/mol. The van der Waals surface area contributed by atoms with Crippen molar-refractivity contribution < 1.29 is 22.7 Å². The number of anilines is 2. The molecule has 1 saturated heterocycles. The van der Waals surface area contributed by atoms with Gasteiger partial charge in [0.15, 0.2) is 0 Å². The summed E-state index contributed by atoms with van der Waals surface area (Å²) in [5.74, 6) is 0.219. The second-order valence-electron chi connectivity index (χ2n) is 5.64. The maximum Gasteiger partial charge on any atom is 0.232 e. The van der Waals surface area contributed by atoms with Crippen LogP contribution >= 0.6 is 0 Å². The molecular weight excluding hydrogens is 332 g/mol. The summed E-state index contributed by atoms with van der Waals surface area (Å²) in [7, 11) is -1.94. The van der Waals surface area contributed by atoms with Crippen molar-refractivity contribution in [1.29, 1.82) is 0 Å². The Kier molecular flexibility index (Phi) is 6.44. The number of hydrogen-bond acceptors (Lipinski definition) is 5. The first-order chi connectivity index (χ1) is 11.4. The zero-order valence-corrected chi connectivity index (χ0v) is 14.8. The average Bonchev–Trinajstić information content (AvgIpc) is 3.07. The molecule has 0 saturated carbocycles. The van der Waals surface area contributed by atoms with E-state index in [1.165, 1.54) is 7.11 Å². The Morgan fingerprint density at radius 3 is 2.83 bits per heavy atom. The number of benzene rings is 1. The van der Waals surface area contributed by atoms with Gasteiger partial charge >= 0.3 is 0 Å². The predicted octanol–water partition coefficient (Wildman–Crippen LogP) is 2.35. The smallest absolute Gasteiger partial charge is 0.232 e. The Labute approximate surface area is 142 Å². The van der Waals surface area contributed by atoms with Crippen molar-refractivity contribution in [2.45, 2.75) is 38.7 Å². The fraction of sp³-hybridized carbons (Fsp3) is 0.562. The third kappa shape index (κ3) is 5.38. The Morgan fingerprint density at radius 1 is 1.42 bits per heavy atom. The van der Waals surface area contributed by atoms with Gasteiger partial charge in [-0.1, -0.05) is 0 Å². The van der Waals surface area contributed by atoms with Gasteiger partial charge in [0, 0.05) is 24.8 Å². The van der Waals surface area contributed by atoms with Crippen molar-refractivity contribution >= 4 is 27.3 Å². The topological polar surface area (TPSA) is 93.7 Å². The van der Waals surface area contributed by atoms with Crippen LogP contribution in [0.4, 0.5) is 11.4 Å². The Morgan fingerprint density at radius 2 is 2.21 bits per heavy atom. The molecule has 2 rings (SSSR count). The van der Waals surface area contributed by atoms with Gasteiger partial charge in [-0.05, 0) is 38.3 Å². The Hall–Kier alpha value is -1.80. The molecule has 0 spiro atoms. The summed E-state index contributed by atoms with van der Waals surface area (Å²) < 4.78 is 36.5. The van der Waals surface area contributed by atoms with Gasteiger partial charge in [-0.15, -0.1) is 0 Å². The third-order valence-electron chi connectivity index (χ3n) is 3.85. The molecule has 1 aromatic carbocycles. The molecule has 7 nitrogen and oxygen atoms in total. The van der Waals surface area contributed by atoms with Gasteiger partial charge in [0.2, 0.25) is 15.9 Å². The molecular formula is C16H24N2O5S. The highest BCUT2D eigenvalue weighted by Crippen LogP contribution is 2.29. The van der Waals surface area contributed by atoms with Crippen LogP contribution in [-0.4, -0.2) is 39.9 Å². The summed E-state index contributed by atoms with van der Waals surface area (Å²) in [4.78, 5) is 12.0. The van der Waals surface area contributed by atoms with E-state index in [1.54, 1.807) is 25.1 Å². The normalized spacial score (nSPS) is 17.5. The van der Waals surface area contributed by atoms with E-state index in [-0.39, 0.29) is 17.8 Å². The molecule has 0 radical (unpaired) electrons. The van der Waals surface area contributed by atoms with Gasteiger partial charge in [0.1, 0.15) is 5.75 Å². The molecule has 1 fully saturated rings. The summed E-state index contributed by atoms with van der Waals surface area (Å²) >= 11 is 0. The van der Waals surface area contributed by atoms with E-state index in [0.717, 1.165) is 19.4 Å². The number of amides is 1. The lowest BCUT2D eigenvalue weighted by Gasteiger charge is -2.13. The van der Waals surface area contributed by atoms with Gasteiger partial charge in [-0.25, -0.2) is 8.42 Å². The van der Waals surface area contributed by atoms with E-state index in [1.807, 2.05) is 0 Å². The van der Waals surface area contributed by atoms with Crippen LogP contribution in [0.15, 0.2) is 18.2 Å². The molecule has 0 aliphatic carbocycles. The van der Waals surface area contributed by atoms with Crippen molar-refractivity contribution in [3.8, 4) is 5.75 Å².